The number of hydrogen-bond acceptors (Lipinski definition) is 6. The van der Waals surface area contributed by atoms with Crippen LogP contribution < -0.4 is 4.74 Å². The molecule has 0 unspecified atom stereocenters. The normalized spacial score (nSPS) is 10.6. The van der Waals surface area contributed by atoms with E-state index in [0.717, 1.165) is 24.7 Å². The maximum absolute atomic E-state index is 5.63. The minimum Gasteiger partial charge on any atom is -0.493 e. The summed E-state index contributed by atoms with van der Waals surface area (Å²) in [7, 11) is 0. The summed E-state index contributed by atoms with van der Waals surface area (Å²) in [5.41, 5.74) is 0. The Morgan fingerprint density at radius 1 is 1.22 bits per heavy atom. The summed E-state index contributed by atoms with van der Waals surface area (Å²) in [6.07, 6.45) is 2.01. The van der Waals surface area contributed by atoms with Crippen molar-refractivity contribution < 1.29 is 4.74 Å². The fourth-order valence-electron chi connectivity index (χ4n) is 1.16. The first-order valence-corrected chi connectivity index (χ1v) is 8.98. The lowest BCUT2D eigenvalue weighted by Crippen LogP contribution is -1.99. The lowest BCUT2D eigenvalue weighted by Gasteiger charge is -2.04. The first-order chi connectivity index (χ1) is 8.78. The second-order valence-electron chi connectivity index (χ2n) is 3.19. The quantitative estimate of drug-likeness (QED) is 0.568. The van der Waals surface area contributed by atoms with E-state index in [1.54, 1.807) is 34.9 Å². The van der Waals surface area contributed by atoms with Gasteiger partial charge in [0, 0.05) is 10.2 Å². The van der Waals surface area contributed by atoms with Gasteiger partial charge in [-0.1, -0.05) is 50.8 Å². The van der Waals surface area contributed by atoms with Gasteiger partial charge in [-0.05, 0) is 30.5 Å². The fraction of sp³-hybridized carbons (Fsp3) is 0.273. The lowest BCUT2D eigenvalue weighted by atomic mass is 10.3. The predicted octanol–water partition coefficient (Wildman–Crippen LogP) is 4.19. The van der Waals surface area contributed by atoms with Gasteiger partial charge in [-0.15, -0.1) is 10.2 Å². The molecular formula is C11H11BrN2OS3. The van der Waals surface area contributed by atoms with Gasteiger partial charge in [-0.25, -0.2) is 0 Å². The molecule has 1 aromatic heterocycles. The zero-order chi connectivity index (χ0) is 12.8. The van der Waals surface area contributed by atoms with Gasteiger partial charge >= 0.3 is 0 Å². The average Bonchev–Trinajstić information content (AvgIpc) is 2.85. The van der Waals surface area contributed by atoms with Crippen molar-refractivity contribution in [3.05, 3.63) is 28.7 Å². The third kappa shape index (κ3) is 4.46. The predicted molar refractivity (Wildman–Crippen MR) is 82.1 cm³/mol. The molecule has 0 N–H and O–H groups in total. The van der Waals surface area contributed by atoms with Crippen molar-refractivity contribution in [2.75, 3.05) is 18.6 Å². The topological polar surface area (TPSA) is 35.0 Å². The van der Waals surface area contributed by atoms with Crippen LogP contribution in [0.25, 0.3) is 0 Å². The van der Waals surface area contributed by atoms with E-state index in [2.05, 4.69) is 26.1 Å². The molecule has 0 saturated heterocycles. The Morgan fingerprint density at radius 2 is 1.94 bits per heavy atom. The van der Waals surface area contributed by atoms with E-state index >= 15 is 0 Å². The Kier molecular flexibility index (Phi) is 5.81. The van der Waals surface area contributed by atoms with Crippen LogP contribution in [0.1, 0.15) is 0 Å². The number of hydrogen-bond donors (Lipinski definition) is 0. The summed E-state index contributed by atoms with van der Waals surface area (Å²) in [6.45, 7) is 0.667. The molecule has 2 rings (SSSR count). The highest BCUT2D eigenvalue weighted by molar-refractivity contribution is 9.10. The Balaban J connectivity index is 1.71. The number of rotatable bonds is 6. The maximum Gasteiger partial charge on any atom is 0.175 e. The number of halogens is 1. The molecule has 0 radical (unpaired) electrons. The van der Waals surface area contributed by atoms with Crippen molar-refractivity contribution in [2.24, 2.45) is 0 Å². The zero-order valence-electron chi connectivity index (χ0n) is 9.63. The summed E-state index contributed by atoms with van der Waals surface area (Å²) in [4.78, 5) is 0. The van der Waals surface area contributed by atoms with E-state index in [9.17, 15) is 0 Å². The van der Waals surface area contributed by atoms with Gasteiger partial charge in [-0.3, -0.25) is 0 Å². The van der Waals surface area contributed by atoms with Crippen molar-refractivity contribution in [3.63, 3.8) is 0 Å². The molecule has 1 aromatic carbocycles. The van der Waals surface area contributed by atoms with Gasteiger partial charge in [0.05, 0.1) is 6.61 Å². The molecule has 0 fully saturated rings. The standard InChI is InChI=1S/C11H11BrN2OS3/c1-16-10-13-14-11(18-10)17-7-6-15-9-4-2-8(12)3-5-9/h2-5H,6-7H2,1H3. The average molecular weight is 363 g/mol. The van der Waals surface area contributed by atoms with Gasteiger partial charge in [0.2, 0.25) is 0 Å². The van der Waals surface area contributed by atoms with Crippen LogP contribution in [0.2, 0.25) is 0 Å². The van der Waals surface area contributed by atoms with E-state index in [1.165, 1.54) is 0 Å². The van der Waals surface area contributed by atoms with Crippen molar-refractivity contribution in [3.8, 4) is 5.75 Å². The maximum atomic E-state index is 5.63. The van der Waals surface area contributed by atoms with Crippen LogP contribution in [-0.4, -0.2) is 28.8 Å². The van der Waals surface area contributed by atoms with E-state index in [-0.39, 0.29) is 0 Å². The van der Waals surface area contributed by atoms with E-state index in [4.69, 9.17) is 4.74 Å². The van der Waals surface area contributed by atoms with Crippen LogP contribution in [0, 0.1) is 0 Å². The molecule has 18 heavy (non-hydrogen) atoms. The molecule has 0 amide bonds. The highest BCUT2D eigenvalue weighted by Gasteiger charge is 2.03. The second-order valence-corrected chi connectivity index (χ2v) is 7.48. The molecule has 0 bridgehead atoms. The van der Waals surface area contributed by atoms with Gasteiger partial charge in [0.15, 0.2) is 8.68 Å². The van der Waals surface area contributed by atoms with Crippen LogP contribution >= 0.6 is 50.8 Å². The number of ether oxygens (including phenoxy) is 1. The highest BCUT2D eigenvalue weighted by atomic mass is 79.9. The largest absolute Gasteiger partial charge is 0.493 e. The Morgan fingerprint density at radius 3 is 2.61 bits per heavy atom. The van der Waals surface area contributed by atoms with Crippen LogP contribution in [0.15, 0.2) is 37.4 Å². The lowest BCUT2D eigenvalue weighted by molar-refractivity contribution is 0.344. The summed E-state index contributed by atoms with van der Waals surface area (Å²) in [6, 6.07) is 7.84. The third-order valence-corrected chi connectivity index (χ3v) is 5.48. The summed E-state index contributed by atoms with van der Waals surface area (Å²) in [5, 5.41) is 8.14. The molecule has 0 aliphatic heterocycles. The van der Waals surface area contributed by atoms with Gasteiger partial charge in [0.1, 0.15) is 5.75 Å². The molecule has 3 nitrogen and oxygen atoms in total. The Hall–Kier alpha value is -0.240. The summed E-state index contributed by atoms with van der Waals surface area (Å²) < 4.78 is 8.69. The second kappa shape index (κ2) is 7.37. The smallest absolute Gasteiger partial charge is 0.175 e. The van der Waals surface area contributed by atoms with Gasteiger partial charge < -0.3 is 4.74 Å². The molecule has 0 atom stereocenters. The number of thioether (sulfide) groups is 2. The third-order valence-electron chi connectivity index (χ3n) is 1.95. The molecule has 0 aliphatic rings. The minimum atomic E-state index is 0.667. The van der Waals surface area contributed by atoms with Crippen LogP contribution in [0.4, 0.5) is 0 Å². The zero-order valence-corrected chi connectivity index (χ0v) is 13.7. The molecule has 2 aromatic rings. The molecule has 1 heterocycles. The van der Waals surface area contributed by atoms with Crippen molar-refractivity contribution in [1.29, 1.82) is 0 Å². The summed E-state index contributed by atoms with van der Waals surface area (Å²) >= 11 is 8.31. The molecule has 0 aliphatic carbocycles. The van der Waals surface area contributed by atoms with Crippen LogP contribution in [-0.2, 0) is 0 Å². The SMILES string of the molecule is CSc1nnc(SCCOc2ccc(Br)cc2)s1. The monoisotopic (exact) mass is 362 g/mol. The van der Waals surface area contributed by atoms with Gasteiger partial charge in [-0.2, -0.15) is 0 Å². The van der Waals surface area contributed by atoms with E-state index in [1.807, 2.05) is 30.5 Å². The summed E-state index contributed by atoms with van der Waals surface area (Å²) in [5.74, 6) is 1.76. The number of benzene rings is 1. The van der Waals surface area contributed by atoms with Crippen molar-refractivity contribution in [2.45, 2.75) is 8.68 Å². The Labute approximate surface area is 127 Å². The van der Waals surface area contributed by atoms with E-state index in [0.29, 0.717) is 6.61 Å². The van der Waals surface area contributed by atoms with Crippen molar-refractivity contribution >= 4 is 50.8 Å². The van der Waals surface area contributed by atoms with Crippen LogP contribution in [0.3, 0.4) is 0 Å². The van der Waals surface area contributed by atoms with Gasteiger partial charge in [0.25, 0.3) is 0 Å². The first-order valence-electron chi connectivity index (χ1n) is 5.16. The molecule has 0 spiro atoms. The molecule has 96 valence electrons. The number of aromatic nitrogens is 2. The molecule has 7 heteroatoms. The number of nitrogens with zero attached hydrogens (tertiary/aromatic N) is 2. The van der Waals surface area contributed by atoms with E-state index < -0.39 is 0 Å². The Bertz CT molecular complexity index is 489. The fourth-order valence-corrected chi connectivity index (χ4v) is 3.75. The minimum absolute atomic E-state index is 0.667. The van der Waals surface area contributed by atoms with Crippen LogP contribution in [0.5, 0.6) is 5.75 Å². The highest BCUT2D eigenvalue weighted by Crippen LogP contribution is 2.27. The molecular weight excluding hydrogens is 352 g/mol. The molecule has 0 saturated carbocycles. The van der Waals surface area contributed by atoms with Crippen molar-refractivity contribution in [1.82, 2.24) is 10.2 Å². The first kappa shape index (κ1) is 14.2.